The minimum Gasteiger partial charge on any atom is -0.497 e. The van der Waals surface area contributed by atoms with Crippen LogP contribution < -0.4 is 14.2 Å². The van der Waals surface area contributed by atoms with Crippen LogP contribution in [0.5, 0.6) is 17.2 Å². The third-order valence-corrected chi connectivity index (χ3v) is 4.77. The van der Waals surface area contributed by atoms with E-state index >= 15 is 0 Å². The first-order valence-corrected chi connectivity index (χ1v) is 11.2. The molecule has 184 valence electrons. The first-order chi connectivity index (χ1) is 16.0. The molecule has 2 aromatic rings. The molecule has 0 N–H and O–H groups in total. The van der Waals surface area contributed by atoms with Gasteiger partial charge in [0.25, 0.3) is 0 Å². The molecule has 7 heteroatoms. The maximum Gasteiger partial charge on any atom is 0.349 e. The van der Waals surface area contributed by atoms with Gasteiger partial charge in [-0.25, -0.2) is 9.59 Å². The zero-order chi connectivity index (χ0) is 25.4. The van der Waals surface area contributed by atoms with Crippen LogP contribution in [0.15, 0.2) is 42.5 Å². The van der Waals surface area contributed by atoms with E-state index in [1.165, 1.54) is 0 Å². The van der Waals surface area contributed by atoms with Gasteiger partial charge in [0.05, 0.1) is 20.3 Å². The molecule has 0 unspecified atom stereocenters. The fourth-order valence-electron chi connectivity index (χ4n) is 3.00. The van der Waals surface area contributed by atoms with Crippen molar-refractivity contribution in [3.8, 4) is 17.2 Å². The molecule has 0 saturated carbocycles. The molecule has 0 radical (unpaired) electrons. The highest BCUT2D eigenvalue weighted by Gasteiger charge is 2.33. The molecule has 0 heterocycles. The molecule has 0 spiro atoms. The summed E-state index contributed by atoms with van der Waals surface area (Å²) in [4.78, 5) is 24.7. The fraction of sp³-hybridized carbons (Fsp3) is 0.407. The standard InChI is InChI=1S/C27H34O7/c1-8-31-24(28)26(3,4)33-22-16-20(11-10-19-12-14-21(30-7)15-13-19)17-23(18-22)34-27(5,6)25(29)32-9-2/h10-18H,8-9H2,1-7H3/b11-10+. The van der Waals surface area contributed by atoms with Crippen molar-refractivity contribution >= 4 is 24.1 Å². The summed E-state index contributed by atoms with van der Waals surface area (Å²) in [6.45, 7) is 10.5. The molecule has 0 amide bonds. The number of esters is 2. The number of hydrogen-bond donors (Lipinski definition) is 0. The van der Waals surface area contributed by atoms with Gasteiger partial charge in [0.1, 0.15) is 17.2 Å². The molecule has 2 aromatic carbocycles. The number of rotatable bonds is 11. The molecule has 0 atom stereocenters. The number of methoxy groups -OCH3 is 1. The third kappa shape index (κ3) is 7.54. The first-order valence-electron chi connectivity index (χ1n) is 11.2. The van der Waals surface area contributed by atoms with Crippen LogP contribution in [0, 0.1) is 0 Å². The van der Waals surface area contributed by atoms with Crippen LogP contribution >= 0.6 is 0 Å². The van der Waals surface area contributed by atoms with Gasteiger partial charge in [0.2, 0.25) is 0 Å². The van der Waals surface area contributed by atoms with Crippen LogP contribution in [0.1, 0.15) is 52.7 Å². The van der Waals surface area contributed by atoms with Crippen molar-refractivity contribution in [2.24, 2.45) is 0 Å². The molecule has 0 aliphatic rings. The minimum atomic E-state index is -1.22. The molecule has 0 aliphatic carbocycles. The second-order valence-electron chi connectivity index (χ2n) is 8.51. The maximum atomic E-state index is 12.3. The van der Waals surface area contributed by atoms with Crippen molar-refractivity contribution in [1.82, 2.24) is 0 Å². The van der Waals surface area contributed by atoms with E-state index in [0.717, 1.165) is 16.9 Å². The quantitative estimate of drug-likeness (QED) is 0.325. The van der Waals surface area contributed by atoms with Gasteiger partial charge >= 0.3 is 11.9 Å². The number of ether oxygens (including phenoxy) is 5. The topological polar surface area (TPSA) is 80.3 Å². The Labute approximate surface area is 201 Å². The molecule has 0 aliphatic heterocycles. The third-order valence-electron chi connectivity index (χ3n) is 4.77. The number of carbonyl (C=O) groups is 2. The van der Waals surface area contributed by atoms with E-state index in [4.69, 9.17) is 23.7 Å². The van der Waals surface area contributed by atoms with Gasteiger partial charge in [-0.1, -0.05) is 24.3 Å². The number of hydrogen-bond acceptors (Lipinski definition) is 7. The van der Waals surface area contributed by atoms with Crippen molar-refractivity contribution < 1.29 is 33.3 Å². The second-order valence-corrected chi connectivity index (χ2v) is 8.51. The van der Waals surface area contributed by atoms with Crippen molar-refractivity contribution in [2.75, 3.05) is 20.3 Å². The highest BCUT2D eigenvalue weighted by atomic mass is 16.6. The Balaban J connectivity index is 2.40. The molecule has 0 bridgehead atoms. The normalized spacial score (nSPS) is 11.7. The molecule has 7 nitrogen and oxygen atoms in total. The lowest BCUT2D eigenvalue weighted by atomic mass is 10.1. The smallest absolute Gasteiger partial charge is 0.349 e. The highest BCUT2D eigenvalue weighted by Crippen LogP contribution is 2.30. The highest BCUT2D eigenvalue weighted by molar-refractivity contribution is 5.80. The Morgan fingerprint density at radius 3 is 1.56 bits per heavy atom. The molecule has 0 saturated heterocycles. The van der Waals surface area contributed by atoms with Gasteiger partial charge in [-0.15, -0.1) is 0 Å². The van der Waals surface area contributed by atoms with E-state index in [1.54, 1.807) is 66.9 Å². The van der Waals surface area contributed by atoms with E-state index in [2.05, 4.69) is 0 Å². The van der Waals surface area contributed by atoms with Crippen molar-refractivity contribution in [3.63, 3.8) is 0 Å². The number of carbonyl (C=O) groups excluding carboxylic acids is 2. The number of benzene rings is 2. The van der Waals surface area contributed by atoms with E-state index in [0.29, 0.717) is 11.5 Å². The van der Waals surface area contributed by atoms with Crippen LogP contribution in [0.25, 0.3) is 12.2 Å². The van der Waals surface area contributed by atoms with E-state index in [1.807, 2.05) is 36.4 Å². The predicted molar refractivity (Wildman–Crippen MR) is 131 cm³/mol. The lowest BCUT2D eigenvalue weighted by Crippen LogP contribution is -2.40. The van der Waals surface area contributed by atoms with Crippen molar-refractivity contribution in [2.45, 2.75) is 52.7 Å². The molecular weight excluding hydrogens is 436 g/mol. The molecular formula is C27H34O7. The van der Waals surface area contributed by atoms with Crippen LogP contribution in [0.3, 0.4) is 0 Å². The summed E-state index contributed by atoms with van der Waals surface area (Å²) < 4.78 is 27.4. The monoisotopic (exact) mass is 470 g/mol. The summed E-state index contributed by atoms with van der Waals surface area (Å²) in [7, 11) is 1.62. The van der Waals surface area contributed by atoms with E-state index in [-0.39, 0.29) is 13.2 Å². The zero-order valence-corrected chi connectivity index (χ0v) is 21.0. The van der Waals surface area contributed by atoms with Gasteiger partial charge in [0, 0.05) is 6.07 Å². The van der Waals surface area contributed by atoms with E-state index in [9.17, 15) is 9.59 Å². The van der Waals surface area contributed by atoms with Crippen molar-refractivity contribution in [3.05, 3.63) is 53.6 Å². The largest absolute Gasteiger partial charge is 0.497 e. The van der Waals surface area contributed by atoms with Gasteiger partial charge in [-0.2, -0.15) is 0 Å². The Hall–Kier alpha value is -3.48. The lowest BCUT2D eigenvalue weighted by molar-refractivity contribution is -0.158. The molecule has 2 rings (SSSR count). The predicted octanol–water partition coefficient (Wildman–Crippen LogP) is 5.31. The summed E-state index contributed by atoms with van der Waals surface area (Å²) in [5, 5.41) is 0. The van der Waals surface area contributed by atoms with Crippen molar-refractivity contribution in [1.29, 1.82) is 0 Å². The average molecular weight is 471 g/mol. The maximum absolute atomic E-state index is 12.3. The summed E-state index contributed by atoms with van der Waals surface area (Å²) >= 11 is 0. The van der Waals surface area contributed by atoms with Gasteiger partial charge in [-0.3, -0.25) is 0 Å². The summed E-state index contributed by atoms with van der Waals surface area (Å²) in [6, 6.07) is 12.8. The second kappa shape index (κ2) is 11.6. The Morgan fingerprint density at radius 1 is 0.706 bits per heavy atom. The van der Waals surface area contributed by atoms with Crippen LogP contribution in [-0.4, -0.2) is 43.5 Å². The van der Waals surface area contributed by atoms with Gasteiger partial charge in [-0.05, 0) is 76.9 Å². The van der Waals surface area contributed by atoms with Gasteiger partial charge in [0.15, 0.2) is 11.2 Å². The molecule has 0 aromatic heterocycles. The van der Waals surface area contributed by atoms with E-state index < -0.39 is 23.1 Å². The Bertz CT molecular complexity index is 954. The van der Waals surface area contributed by atoms with Crippen LogP contribution in [0.4, 0.5) is 0 Å². The van der Waals surface area contributed by atoms with Gasteiger partial charge < -0.3 is 23.7 Å². The first kappa shape index (κ1) is 26.8. The minimum absolute atomic E-state index is 0.248. The summed E-state index contributed by atoms with van der Waals surface area (Å²) in [6.07, 6.45) is 3.81. The van der Waals surface area contributed by atoms with Crippen LogP contribution in [0.2, 0.25) is 0 Å². The summed E-state index contributed by atoms with van der Waals surface area (Å²) in [5.41, 5.74) is -0.722. The fourth-order valence-corrected chi connectivity index (χ4v) is 3.00. The average Bonchev–Trinajstić information content (AvgIpc) is 2.77. The Morgan fingerprint density at radius 2 is 1.15 bits per heavy atom. The van der Waals surface area contributed by atoms with Crippen LogP contribution in [-0.2, 0) is 19.1 Å². The SMILES string of the molecule is CCOC(=O)C(C)(C)Oc1cc(/C=C/c2ccc(OC)cc2)cc(OC(C)(C)C(=O)OCC)c1. The Kier molecular flexibility index (Phi) is 9.12. The zero-order valence-electron chi connectivity index (χ0n) is 21.0. The summed E-state index contributed by atoms with van der Waals surface area (Å²) in [5.74, 6) is 0.590. The lowest BCUT2D eigenvalue weighted by Gasteiger charge is -2.27. The molecule has 0 fully saturated rings. The molecule has 34 heavy (non-hydrogen) atoms.